The van der Waals surface area contributed by atoms with Gasteiger partial charge in [-0.05, 0) is 18.2 Å². The van der Waals surface area contributed by atoms with Gasteiger partial charge in [0.05, 0.1) is 12.8 Å². The number of hydrogen-bond acceptors (Lipinski definition) is 5. The van der Waals surface area contributed by atoms with Crippen molar-refractivity contribution >= 4 is 0 Å². The highest BCUT2D eigenvalue weighted by molar-refractivity contribution is 5.39. The molecule has 1 heterocycles. The monoisotopic (exact) mass is 234 g/mol. The van der Waals surface area contributed by atoms with Gasteiger partial charge in [-0.3, -0.25) is 0 Å². The fourth-order valence-electron chi connectivity index (χ4n) is 1.48. The van der Waals surface area contributed by atoms with Gasteiger partial charge in [-0.25, -0.2) is 0 Å². The van der Waals surface area contributed by atoms with Crippen LogP contribution in [0.5, 0.6) is 11.5 Å². The van der Waals surface area contributed by atoms with Crippen LogP contribution in [0.1, 0.15) is 11.3 Å². The first-order valence-electron chi connectivity index (χ1n) is 5.25. The lowest BCUT2D eigenvalue weighted by Crippen LogP contribution is -2.13. The third kappa shape index (κ3) is 2.98. The summed E-state index contributed by atoms with van der Waals surface area (Å²) in [6, 6.07) is 6.92. The van der Waals surface area contributed by atoms with Gasteiger partial charge in [-0.1, -0.05) is 5.16 Å². The standard InChI is InChI=1S/C12H14N2O3/c1-16-11-2-3-12(15)9(6-11)7-13-8-10-4-5-17-14-10/h2-6,13,15H,7-8H2,1H3. The van der Waals surface area contributed by atoms with Crippen LogP contribution in [0.2, 0.25) is 0 Å². The van der Waals surface area contributed by atoms with E-state index < -0.39 is 0 Å². The van der Waals surface area contributed by atoms with E-state index in [0.717, 1.165) is 17.0 Å². The van der Waals surface area contributed by atoms with Crippen molar-refractivity contribution in [3.8, 4) is 11.5 Å². The van der Waals surface area contributed by atoms with Crippen LogP contribution in [-0.2, 0) is 13.1 Å². The lowest BCUT2D eigenvalue weighted by Gasteiger charge is -2.07. The van der Waals surface area contributed by atoms with E-state index in [-0.39, 0.29) is 5.75 Å². The molecule has 0 aliphatic rings. The van der Waals surface area contributed by atoms with Gasteiger partial charge in [-0.15, -0.1) is 0 Å². The Kier molecular flexibility index (Phi) is 3.62. The molecule has 2 aromatic rings. The Balaban J connectivity index is 1.94. The number of phenolic OH excluding ortho intramolecular Hbond substituents is 1. The van der Waals surface area contributed by atoms with E-state index in [1.54, 1.807) is 31.4 Å². The number of benzene rings is 1. The van der Waals surface area contributed by atoms with Crippen molar-refractivity contribution in [2.75, 3.05) is 7.11 Å². The number of aromatic hydroxyl groups is 1. The third-order valence-electron chi connectivity index (χ3n) is 2.40. The van der Waals surface area contributed by atoms with Crippen molar-refractivity contribution in [2.24, 2.45) is 0 Å². The van der Waals surface area contributed by atoms with Crippen LogP contribution in [0.4, 0.5) is 0 Å². The quantitative estimate of drug-likeness (QED) is 0.823. The summed E-state index contributed by atoms with van der Waals surface area (Å²) in [4.78, 5) is 0. The Bertz CT molecular complexity index is 469. The van der Waals surface area contributed by atoms with Crippen molar-refractivity contribution < 1.29 is 14.4 Å². The molecular weight excluding hydrogens is 220 g/mol. The first-order chi connectivity index (χ1) is 8.29. The van der Waals surface area contributed by atoms with Crippen LogP contribution >= 0.6 is 0 Å². The maximum Gasteiger partial charge on any atom is 0.124 e. The highest BCUT2D eigenvalue weighted by atomic mass is 16.5. The van der Waals surface area contributed by atoms with Crippen LogP contribution in [-0.4, -0.2) is 17.4 Å². The fourth-order valence-corrected chi connectivity index (χ4v) is 1.48. The van der Waals surface area contributed by atoms with E-state index in [1.165, 1.54) is 6.26 Å². The fraction of sp³-hybridized carbons (Fsp3) is 0.250. The van der Waals surface area contributed by atoms with Gasteiger partial charge in [0.1, 0.15) is 17.8 Å². The number of hydrogen-bond donors (Lipinski definition) is 2. The number of nitrogens with zero attached hydrogens (tertiary/aromatic N) is 1. The first-order valence-corrected chi connectivity index (χ1v) is 5.25. The summed E-state index contributed by atoms with van der Waals surface area (Å²) in [5.41, 5.74) is 1.61. The predicted octanol–water partition coefficient (Wildman–Crippen LogP) is 1.68. The van der Waals surface area contributed by atoms with E-state index in [1.807, 2.05) is 0 Å². The molecule has 0 spiro atoms. The van der Waals surface area contributed by atoms with Gasteiger partial charge in [0.15, 0.2) is 0 Å². The molecule has 5 heteroatoms. The molecule has 90 valence electrons. The Morgan fingerprint density at radius 2 is 2.24 bits per heavy atom. The molecule has 0 radical (unpaired) electrons. The number of methoxy groups -OCH3 is 1. The average Bonchev–Trinajstić information content (AvgIpc) is 2.84. The molecule has 0 saturated heterocycles. The zero-order valence-electron chi connectivity index (χ0n) is 9.51. The Labute approximate surface area is 99.0 Å². The summed E-state index contributed by atoms with van der Waals surface area (Å²) >= 11 is 0. The second kappa shape index (κ2) is 5.36. The highest BCUT2D eigenvalue weighted by Crippen LogP contribution is 2.22. The smallest absolute Gasteiger partial charge is 0.124 e. The summed E-state index contributed by atoms with van der Waals surface area (Å²) < 4.78 is 9.81. The van der Waals surface area contributed by atoms with E-state index in [2.05, 4.69) is 10.5 Å². The van der Waals surface area contributed by atoms with Gasteiger partial charge in [0.25, 0.3) is 0 Å². The Hall–Kier alpha value is -2.01. The molecule has 1 aromatic heterocycles. The molecule has 0 unspecified atom stereocenters. The zero-order valence-corrected chi connectivity index (χ0v) is 9.51. The van der Waals surface area contributed by atoms with Crippen molar-refractivity contribution in [3.05, 3.63) is 41.8 Å². The van der Waals surface area contributed by atoms with Crippen molar-refractivity contribution in [1.29, 1.82) is 0 Å². The van der Waals surface area contributed by atoms with E-state index in [9.17, 15) is 5.11 Å². The van der Waals surface area contributed by atoms with Crippen molar-refractivity contribution in [3.63, 3.8) is 0 Å². The second-order valence-electron chi connectivity index (χ2n) is 3.59. The van der Waals surface area contributed by atoms with E-state index in [4.69, 9.17) is 9.26 Å². The summed E-state index contributed by atoms with van der Waals surface area (Å²) in [5.74, 6) is 0.972. The summed E-state index contributed by atoms with van der Waals surface area (Å²) in [6.45, 7) is 1.13. The molecule has 0 bridgehead atoms. The minimum atomic E-state index is 0.249. The molecule has 0 fully saturated rings. The lowest BCUT2D eigenvalue weighted by molar-refractivity contribution is 0.406. The van der Waals surface area contributed by atoms with Crippen molar-refractivity contribution in [1.82, 2.24) is 10.5 Å². The number of rotatable bonds is 5. The van der Waals surface area contributed by atoms with Crippen LogP contribution in [0.3, 0.4) is 0 Å². The summed E-state index contributed by atoms with van der Waals surface area (Å²) in [7, 11) is 1.60. The van der Waals surface area contributed by atoms with Crippen LogP contribution < -0.4 is 10.1 Å². The first kappa shape index (κ1) is 11.5. The molecule has 0 aliphatic carbocycles. The predicted molar refractivity (Wildman–Crippen MR) is 61.7 cm³/mol. The molecule has 2 rings (SSSR count). The minimum absolute atomic E-state index is 0.249. The molecule has 0 saturated carbocycles. The third-order valence-corrected chi connectivity index (χ3v) is 2.40. The maximum absolute atomic E-state index is 9.66. The van der Waals surface area contributed by atoms with Crippen LogP contribution in [0.15, 0.2) is 35.1 Å². The molecule has 0 amide bonds. The van der Waals surface area contributed by atoms with Crippen molar-refractivity contribution in [2.45, 2.75) is 13.1 Å². The number of phenols is 1. The van der Waals surface area contributed by atoms with Gasteiger partial charge in [-0.2, -0.15) is 0 Å². The normalized spacial score (nSPS) is 10.4. The van der Waals surface area contributed by atoms with E-state index in [0.29, 0.717) is 13.1 Å². The Morgan fingerprint density at radius 1 is 1.35 bits per heavy atom. The minimum Gasteiger partial charge on any atom is -0.508 e. The Morgan fingerprint density at radius 3 is 2.94 bits per heavy atom. The molecule has 0 aliphatic heterocycles. The number of nitrogens with one attached hydrogen (secondary N) is 1. The maximum atomic E-state index is 9.66. The van der Waals surface area contributed by atoms with Gasteiger partial charge in [0, 0.05) is 24.7 Å². The van der Waals surface area contributed by atoms with Gasteiger partial charge >= 0.3 is 0 Å². The zero-order chi connectivity index (χ0) is 12.1. The SMILES string of the molecule is COc1ccc(O)c(CNCc2ccon2)c1. The van der Waals surface area contributed by atoms with Crippen LogP contribution in [0, 0.1) is 0 Å². The average molecular weight is 234 g/mol. The molecule has 5 nitrogen and oxygen atoms in total. The summed E-state index contributed by atoms with van der Waals surface area (Å²) in [6.07, 6.45) is 1.53. The van der Waals surface area contributed by atoms with Gasteiger partial charge < -0.3 is 19.7 Å². The molecular formula is C12H14N2O3. The number of aromatic nitrogens is 1. The molecule has 2 N–H and O–H groups in total. The molecule has 1 aromatic carbocycles. The highest BCUT2D eigenvalue weighted by Gasteiger charge is 2.03. The van der Waals surface area contributed by atoms with E-state index >= 15 is 0 Å². The molecule has 17 heavy (non-hydrogen) atoms. The topological polar surface area (TPSA) is 67.5 Å². The second-order valence-corrected chi connectivity index (χ2v) is 3.59. The largest absolute Gasteiger partial charge is 0.508 e. The lowest BCUT2D eigenvalue weighted by atomic mass is 10.2. The van der Waals surface area contributed by atoms with Gasteiger partial charge in [0.2, 0.25) is 0 Å². The van der Waals surface area contributed by atoms with Crippen LogP contribution in [0.25, 0.3) is 0 Å². The molecule has 0 atom stereocenters. The summed E-state index contributed by atoms with van der Waals surface area (Å²) in [5, 5.41) is 16.6. The number of ether oxygens (including phenoxy) is 1.